The van der Waals surface area contributed by atoms with E-state index in [1.54, 1.807) is 24.3 Å². The summed E-state index contributed by atoms with van der Waals surface area (Å²) in [7, 11) is 1.99. The Labute approximate surface area is 109 Å². The van der Waals surface area contributed by atoms with E-state index in [0.29, 0.717) is 5.02 Å². The Morgan fingerprint density at radius 3 is 2.47 bits per heavy atom. The highest BCUT2D eigenvalue weighted by atomic mass is 35.5. The van der Waals surface area contributed by atoms with Crippen molar-refractivity contribution in [1.29, 1.82) is 0 Å². The number of hydrogen-bond donors (Lipinski definition) is 0. The summed E-state index contributed by atoms with van der Waals surface area (Å²) in [5.74, 6) is 0.153. The van der Waals surface area contributed by atoms with Gasteiger partial charge in [0.1, 0.15) is 0 Å². The van der Waals surface area contributed by atoms with Crippen LogP contribution < -0.4 is 0 Å². The molecule has 0 aliphatic carbocycles. The van der Waals surface area contributed by atoms with E-state index in [1.807, 2.05) is 14.0 Å². The molecule has 0 aliphatic heterocycles. The molecule has 0 bridgehead atoms. The molecule has 94 valence electrons. The van der Waals surface area contributed by atoms with Gasteiger partial charge in [0.25, 0.3) is 0 Å². The maximum atomic E-state index is 12.2. The van der Waals surface area contributed by atoms with Crippen LogP contribution in [0.1, 0.15) is 37.0 Å². The van der Waals surface area contributed by atoms with E-state index in [9.17, 15) is 4.79 Å². The average Bonchev–Trinajstić information content (AvgIpc) is 2.35. The van der Waals surface area contributed by atoms with Crippen molar-refractivity contribution in [1.82, 2.24) is 4.90 Å². The summed E-state index contributed by atoms with van der Waals surface area (Å²) >= 11 is 5.81. The van der Waals surface area contributed by atoms with Crippen LogP contribution >= 0.6 is 11.6 Å². The Kier molecular flexibility index (Phi) is 5.66. The number of halogens is 1. The van der Waals surface area contributed by atoms with Crippen molar-refractivity contribution in [2.45, 2.75) is 32.7 Å². The molecule has 1 atom stereocenters. The second-order valence-electron chi connectivity index (χ2n) is 4.38. The fourth-order valence-electron chi connectivity index (χ4n) is 1.66. The van der Waals surface area contributed by atoms with E-state index in [-0.39, 0.29) is 11.8 Å². The van der Waals surface area contributed by atoms with Gasteiger partial charge in [-0.1, -0.05) is 24.9 Å². The molecule has 0 spiro atoms. The maximum absolute atomic E-state index is 12.2. The van der Waals surface area contributed by atoms with Crippen LogP contribution in [0.25, 0.3) is 0 Å². The van der Waals surface area contributed by atoms with Crippen molar-refractivity contribution < 1.29 is 4.79 Å². The topological polar surface area (TPSA) is 20.3 Å². The number of likely N-dealkylation sites (N-methyl/N-ethyl adjacent to an activating group) is 1. The molecule has 0 fully saturated rings. The summed E-state index contributed by atoms with van der Waals surface area (Å²) in [6.07, 6.45) is 2.26. The zero-order valence-electron chi connectivity index (χ0n) is 10.7. The van der Waals surface area contributed by atoms with Gasteiger partial charge in [-0.05, 0) is 51.2 Å². The van der Waals surface area contributed by atoms with Crippen LogP contribution in [0, 0.1) is 0 Å². The Morgan fingerprint density at radius 1 is 1.35 bits per heavy atom. The molecule has 1 rings (SSSR count). The monoisotopic (exact) mass is 253 g/mol. The fraction of sp³-hybridized carbons (Fsp3) is 0.500. The number of carbonyl (C=O) groups excluding carboxylic acids is 1. The zero-order valence-corrected chi connectivity index (χ0v) is 11.5. The van der Waals surface area contributed by atoms with Crippen LogP contribution in [0.2, 0.25) is 5.02 Å². The third-order valence-electron chi connectivity index (χ3n) is 3.03. The lowest BCUT2D eigenvalue weighted by atomic mass is 10.0. The van der Waals surface area contributed by atoms with Gasteiger partial charge in [-0.15, -0.1) is 0 Å². The molecular weight excluding hydrogens is 234 g/mol. The lowest BCUT2D eigenvalue weighted by Crippen LogP contribution is -2.36. The number of ketones is 1. The highest BCUT2D eigenvalue weighted by Crippen LogP contribution is 2.13. The molecule has 1 aromatic rings. The van der Waals surface area contributed by atoms with E-state index in [4.69, 9.17) is 11.6 Å². The number of rotatable bonds is 6. The first-order chi connectivity index (χ1) is 8.06. The summed E-state index contributed by atoms with van der Waals surface area (Å²) in [4.78, 5) is 14.3. The van der Waals surface area contributed by atoms with Crippen LogP contribution in [-0.2, 0) is 0 Å². The van der Waals surface area contributed by atoms with Crippen molar-refractivity contribution in [2.75, 3.05) is 13.6 Å². The van der Waals surface area contributed by atoms with Crippen molar-refractivity contribution in [2.24, 2.45) is 0 Å². The third kappa shape index (κ3) is 4.14. The Balaban J connectivity index is 2.65. The number of Topliss-reactive ketones (excluding diaryl/α,β-unsaturated/α-hetero) is 1. The minimum absolute atomic E-state index is 0.0808. The quantitative estimate of drug-likeness (QED) is 0.722. The van der Waals surface area contributed by atoms with E-state index < -0.39 is 0 Å². The molecule has 17 heavy (non-hydrogen) atoms. The van der Waals surface area contributed by atoms with Gasteiger partial charge in [0.05, 0.1) is 6.04 Å². The molecule has 0 aromatic heterocycles. The SMILES string of the molecule is CCCCN(C)C(C)C(=O)c1ccc(Cl)cc1. The first-order valence-electron chi connectivity index (χ1n) is 6.06. The van der Waals surface area contributed by atoms with E-state index in [2.05, 4.69) is 11.8 Å². The fourth-order valence-corrected chi connectivity index (χ4v) is 1.78. The summed E-state index contributed by atoms with van der Waals surface area (Å²) in [6.45, 7) is 5.06. The normalized spacial score (nSPS) is 12.8. The van der Waals surface area contributed by atoms with Gasteiger partial charge in [0, 0.05) is 10.6 Å². The van der Waals surface area contributed by atoms with Gasteiger partial charge in [0.2, 0.25) is 0 Å². The largest absolute Gasteiger partial charge is 0.297 e. The Hall–Kier alpha value is -0.860. The van der Waals surface area contributed by atoms with Gasteiger partial charge >= 0.3 is 0 Å². The molecule has 2 nitrogen and oxygen atoms in total. The second-order valence-corrected chi connectivity index (χ2v) is 4.82. The molecule has 0 aliphatic rings. The molecule has 0 radical (unpaired) electrons. The van der Waals surface area contributed by atoms with E-state index in [1.165, 1.54) is 0 Å². The standard InChI is InChI=1S/C14H20ClNO/c1-4-5-10-16(3)11(2)14(17)12-6-8-13(15)9-7-12/h6-9,11H,4-5,10H2,1-3H3. The van der Waals surface area contributed by atoms with Crippen molar-refractivity contribution in [3.8, 4) is 0 Å². The molecule has 0 heterocycles. The molecule has 3 heteroatoms. The second kappa shape index (κ2) is 6.77. The lowest BCUT2D eigenvalue weighted by molar-refractivity contribution is 0.0867. The molecule has 1 aromatic carbocycles. The summed E-state index contributed by atoms with van der Waals surface area (Å²) < 4.78 is 0. The van der Waals surface area contributed by atoms with Crippen molar-refractivity contribution in [3.63, 3.8) is 0 Å². The molecule has 0 amide bonds. The predicted octanol–water partition coefficient (Wildman–Crippen LogP) is 3.64. The molecular formula is C14H20ClNO. The molecule has 0 saturated heterocycles. The van der Waals surface area contributed by atoms with Gasteiger partial charge in [-0.3, -0.25) is 9.69 Å². The first kappa shape index (κ1) is 14.2. The average molecular weight is 254 g/mol. The van der Waals surface area contributed by atoms with Crippen molar-refractivity contribution in [3.05, 3.63) is 34.9 Å². The minimum Gasteiger partial charge on any atom is -0.297 e. The van der Waals surface area contributed by atoms with E-state index in [0.717, 1.165) is 24.9 Å². The maximum Gasteiger partial charge on any atom is 0.179 e. The van der Waals surface area contributed by atoms with Crippen LogP contribution in [0.5, 0.6) is 0 Å². The number of nitrogens with zero attached hydrogens (tertiary/aromatic N) is 1. The van der Waals surface area contributed by atoms with Crippen LogP contribution in [0.4, 0.5) is 0 Å². The zero-order chi connectivity index (χ0) is 12.8. The minimum atomic E-state index is -0.0808. The van der Waals surface area contributed by atoms with Gasteiger partial charge in [-0.25, -0.2) is 0 Å². The van der Waals surface area contributed by atoms with Gasteiger partial charge < -0.3 is 0 Å². The molecule has 1 unspecified atom stereocenters. The van der Waals surface area contributed by atoms with Crippen LogP contribution in [0.3, 0.4) is 0 Å². The smallest absolute Gasteiger partial charge is 0.179 e. The van der Waals surface area contributed by atoms with Crippen LogP contribution in [0.15, 0.2) is 24.3 Å². The van der Waals surface area contributed by atoms with Gasteiger partial charge in [-0.2, -0.15) is 0 Å². The van der Waals surface area contributed by atoms with Crippen molar-refractivity contribution >= 4 is 17.4 Å². The Morgan fingerprint density at radius 2 is 1.94 bits per heavy atom. The summed E-state index contributed by atoms with van der Waals surface area (Å²) in [5.41, 5.74) is 0.727. The Bertz CT molecular complexity index is 361. The highest BCUT2D eigenvalue weighted by molar-refractivity contribution is 6.30. The van der Waals surface area contributed by atoms with Crippen LogP contribution in [-0.4, -0.2) is 30.3 Å². The number of unbranched alkanes of at least 4 members (excludes halogenated alkanes) is 1. The number of benzene rings is 1. The summed E-state index contributed by atoms with van der Waals surface area (Å²) in [5, 5.41) is 0.661. The summed E-state index contributed by atoms with van der Waals surface area (Å²) in [6, 6.07) is 7.01. The lowest BCUT2D eigenvalue weighted by Gasteiger charge is -2.23. The molecule has 0 N–H and O–H groups in total. The van der Waals surface area contributed by atoms with E-state index >= 15 is 0 Å². The first-order valence-corrected chi connectivity index (χ1v) is 6.44. The third-order valence-corrected chi connectivity index (χ3v) is 3.29. The molecule has 0 saturated carbocycles. The highest BCUT2D eigenvalue weighted by Gasteiger charge is 2.18. The number of carbonyl (C=O) groups is 1. The van der Waals surface area contributed by atoms with Gasteiger partial charge in [0.15, 0.2) is 5.78 Å². The predicted molar refractivity (Wildman–Crippen MR) is 72.8 cm³/mol. The number of hydrogen-bond acceptors (Lipinski definition) is 2.